The number of aryl methyl sites for hydroxylation is 1. The van der Waals surface area contributed by atoms with E-state index in [-0.39, 0.29) is 0 Å². The summed E-state index contributed by atoms with van der Waals surface area (Å²) in [7, 11) is 0. The van der Waals surface area contributed by atoms with E-state index < -0.39 is 11.4 Å². The van der Waals surface area contributed by atoms with Crippen molar-refractivity contribution < 1.29 is 4.79 Å². The van der Waals surface area contributed by atoms with Crippen LogP contribution in [0, 0.1) is 6.92 Å². The van der Waals surface area contributed by atoms with Gasteiger partial charge in [-0.05, 0) is 37.1 Å². The first-order valence-corrected chi connectivity index (χ1v) is 6.23. The molecule has 1 atom stereocenters. The summed E-state index contributed by atoms with van der Waals surface area (Å²) in [4.78, 5) is 11.9. The maximum absolute atomic E-state index is 11.9. The number of hydrogen-bond acceptors (Lipinski definition) is 2. The van der Waals surface area contributed by atoms with Crippen LogP contribution in [0.15, 0.2) is 54.6 Å². The summed E-state index contributed by atoms with van der Waals surface area (Å²) in [6.07, 6.45) is 0. The van der Waals surface area contributed by atoms with Crippen LogP contribution in [0.5, 0.6) is 0 Å². The monoisotopic (exact) mass is 254 g/mol. The lowest BCUT2D eigenvalue weighted by molar-refractivity contribution is -0.122. The van der Waals surface area contributed by atoms with Gasteiger partial charge in [0.05, 0.1) is 0 Å². The Morgan fingerprint density at radius 2 is 1.63 bits per heavy atom. The summed E-state index contributed by atoms with van der Waals surface area (Å²) in [5, 5.41) is 3.24. The van der Waals surface area contributed by atoms with Crippen LogP contribution in [-0.2, 0) is 10.3 Å². The predicted octanol–water partition coefficient (Wildman–Crippen LogP) is 2.81. The molecule has 2 aromatic rings. The van der Waals surface area contributed by atoms with E-state index in [1.807, 2.05) is 68.4 Å². The normalized spacial score (nSPS) is 13.6. The topological polar surface area (TPSA) is 55.1 Å². The molecule has 0 bridgehead atoms. The molecular formula is C16H18N2O. The Morgan fingerprint density at radius 3 is 2.21 bits per heavy atom. The lowest BCUT2D eigenvalue weighted by atomic mass is 9.87. The number of nitrogens with one attached hydrogen (secondary N) is 1. The van der Waals surface area contributed by atoms with E-state index in [0.717, 1.165) is 16.8 Å². The number of carbonyl (C=O) groups excluding carboxylic acids is 1. The third-order valence-electron chi connectivity index (χ3n) is 3.34. The van der Waals surface area contributed by atoms with Crippen LogP contribution in [0.1, 0.15) is 18.1 Å². The van der Waals surface area contributed by atoms with Crippen LogP contribution in [-0.4, -0.2) is 5.91 Å². The Kier molecular flexibility index (Phi) is 3.56. The van der Waals surface area contributed by atoms with Crippen molar-refractivity contribution in [3.05, 3.63) is 65.7 Å². The van der Waals surface area contributed by atoms with Gasteiger partial charge in [-0.25, -0.2) is 0 Å². The first-order valence-electron chi connectivity index (χ1n) is 6.23. The number of hydrogen-bond donors (Lipinski definition) is 2. The van der Waals surface area contributed by atoms with Gasteiger partial charge in [-0.2, -0.15) is 0 Å². The average molecular weight is 254 g/mol. The lowest BCUT2D eigenvalue weighted by Gasteiger charge is -2.30. The first-order chi connectivity index (χ1) is 9.04. The van der Waals surface area contributed by atoms with Gasteiger partial charge in [-0.15, -0.1) is 0 Å². The van der Waals surface area contributed by atoms with E-state index in [9.17, 15) is 4.79 Å². The molecule has 0 spiro atoms. The molecule has 1 unspecified atom stereocenters. The third kappa shape index (κ3) is 2.60. The molecule has 19 heavy (non-hydrogen) atoms. The zero-order chi connectivity index (χ0) is 13.9. The molecule has 0 fully saturated rings. The molecule has 0 saturated carbocycles. The van der Waals surface area contributed by atoms with Crippen molar-refractivity contribution in [2.24, 2.45) is 5.73 Å². The largest absolute Gasteiger partial charge is 0.368 e. The average Bonchev–Trinajstić information content (AvgIpc) is 2.40. The molecule has 0 heterocycles. The molecule has 0 aliphatic heterocycles. The second-order valence-electron chi connectivity index (χ2n) is 4.80. The SMILES string of the molecule is Cc1ccccc1C(C)(Nc1ccccc1)C(N)=O. The van der Waals surface area contributed by atoms with Gasteiger partial charge in [-0.1, -0.05) is 42.5 Å². The van der Waals surface area contributed by atoms with E-state index in [2.05, 4.69) is 5.32 Å². The Labute approximate surface area is 113 Å². The minimum atomic E-state index is -0.924. The summed E-state index contributed by atoms with van der Waals surface area (Å²) >= 11 is 0. The molecule has 3 heteroatoms. The zero-order valence-electron chi connectivity index (χ0n) is 11.2. The van der Waals surface area contributed by atoms with Crippen molar-refractivity contribution >= 4 is 11.6 Å². The maximum Gasteiger partial charge on any atom is 0.247 e. The Balaban J connectivity index is 2.45. The highest BCUT2D eigenvalue weighted by Gasteiger charge is 2.34. The summed E-state index contributed by atoms with van der Waals surface area (Å²) in [6, 6.07) is 17.4. The highest BCUT2D eigenvalue weighted by atomic mass is 16.1. The first kappa shape index (κ1) is 13.1. The van der Waals surface area contributed by atoms with E-state index in [0.29, 0.717) is 0 Å². The molecule has 0 aromatic heterocycles. The van der Waals surface area contributed by atoms with Crippen LogP contribution in [0.2, 0.25) is 0 Å². The molecule has 3 N–H and O–H groups in total. The van der Waals surface area contributed by atoms with Crippen LogP contribution in [0.25, 0.3) is 0 Å². The Hall–Kier alpha value is -2.29. The van der Waals surface area contributed by atoms with Gasteiger partial charge in [0.25, 0.3) is 0 Å². The number of benzene rings is 2. The van der Waals surface area contributed by atoms with Crippen LogP contribution < -0.4 is 11.1 Å². The second kappa shape index (κ2) is 5.14. The minimum Gasteiger partial charge on any atom is -0.368 e. The lowest BCUT2D eigenvalue weighted by Crippen LogP contribution is -2.45. The Bertz CT molecular complexity index is 580. The summed E-state index contributed by atoms with van der Waals surface area (Å²) in [6.45, 7) is 3.79. The number of para-hydroxylation sites is 1. The fourth-order valence-corrected chi connectivity index (χ4v) is 2.21. The maximum atomic E-state index is 11.9. The molecule has 2 aromatic carbocycles. The van der Waals surface area contributed by atoms with Crippen molar-refractivity contribution in [3.8, 4) is 0 Å². The number of rotatable bonds is 4. The van der Waals surface area contributed by atoms with Crippen LogP contribution >= 0.6 is 0 Å². The van der Waals surface area contributed by atoms with Crippen molar-refractivity contribution in [1.29, 1.82) is 0 Å². The Morgan fingerprint density at radius 1 is 1.05 bits per heavy atom. The molecule has 2 rings (SSSR count). The molecule has 0 aliphatic rings. The minimum absolute atomic E-state index is 0.398. The van der Waals surface area contributed by atoms with Gasteiger partial charge in [0, 0.05) is 5.69 Å². The number of primary amides is 1. The van der Waals surface area contributed by atoms with Gasteiger partial charge in [0.1, 0.15) is 5.54 Å². The zero-order valence-corrected chi connectivity index (χ0v) is 11.2. The molecule has 98 valence electrons. The van der Waals surface area contributed by atoms with Gasteiger partial charge in [0.15, 0.2) is 0 Å². The highest BCUT2D eigenvalue weighted by Crippen LogP contribution is 2.28. The van der Waals surface area contributed by atoms with Crippen molar-refractivity contribution in [2.75, 3.05) is 5.32 Å². The van der Waals surface area contributed by atoms with Gasteiger partial charge >= 0.3 is 0 Å². The van der Waals surface area contributed by atoms with E-state index in [1.54, 1.807) is 0 Å². The quantitative estimate of drug-likeness (QED) is 0.881. The fraction of sp³-hybridized carbons (Fsp3) is 0.188. The van der Waals surface area contributed by atoms with Gasteiger partial charge in [0.2, 0.25) is 5.91 Å². The summed E-state index contributed by atoms with van der Waals surface area (Å²) < 4.78 is 0. The molecular weight excluding hydrogens is 236 g/mol. The molecule has 0 aliphatic carbocycles. The van der Waals surface area contributed by atoms with Crippen molar-refractivity contribution in [1.82, 2.24) is 0 Å². The standard InChI is InChI=1S/C16H18N2O/c1-12-8-6-7-11-14(12)16(2,15(17)19)18-13-9-4-3-5-10-13/h3-11,18H,1-2H3,(H2,17,19). The summed E-state index contributed by atoms with van der Waals surface area (Å²) in [5.74, 6) is -0.398. The third-order valence-corrected chi connectivity index (χ3v) is 3.34. The number of nitrogens with two attached hydrogens (primary N) is 1. The second-order valence-corrected chi connectivity index (χ2v) is 4.80. The van der Waals surface area contributed by atoms with Gasteiger partial charge < -0.3 is 11.1 Å². The number of amides is 1. The van der Waals surface area contributed by atoms with E-state index >= 15 is 0 Å². The van der Waals surface area contributed by atoms with Crippen LogP contribution in [0.3, 0.4) is 0 Å². The molecule has 1 amide bonds. The summed E-state index contributed by atoms with van der Waals surface area (Å²) in [5.41, 5.74) is 7.49. The molecule has 3 nitrogen and oxygen atoms in total. The van der Waals surface area contributed by atoms with Crippen molar-refractivity contribution in [3.63, 3.8) is 0 Å². The van der Waals surface area contributed by atoms with Gasteiger partial charge in [-0.3, -0.25) is 4.79 Å². The van der Waals surface area contributed by atoms with E-state index in [4.69, 9.17) is 5.73 Å². The van der Waals surface area contributed by atoms with Crippen molar-refractivity contribution in [2.45, 2.75) is 19.4 Å². The molecule has 0 saturated heterocycles. The highest BCUT2D eigenvalue weighted by molar-refractivity contribution is 5.89. The number of carbonyl (C=O) groups is 1. The van der Waals surface area contributed by atoms with Crippen LogP contribution in [0.4, 0.5) is 5.69 Å². The smallest absolute Gasteiger partial charge is 0.247 e. The van der Waals surface area contributed by atoms with E-state index in [1.165, 1.54) is 0 Å². The predicted molar refractivity (Wildman–Crippen MR) is 77.8 cm³/mol. The molecule has 0 radical (unpaired) electrons. The fourth-order valence-electron chi connectivity index (χ4n) is 2.21. The number of anilines is 1.